The van der Waals surface area contributed by atoms with Gasteiger partial charge in [0, 0.05) is 37.1 Å². The van der Waals surface area contributed by atoms with Crippen LogP contribution in [0.15, 0.2) is 4.42 Å². The molecule has 0 saturated carbocycles. The molecule has 1 amide bonds. The summed E-state index contributed by atoms with van der Waals surface area (Å²) in [5.41, 5.74) is 1.74. The number of aryl methyl sites for hydroxylation is 2. The Morgan fingerprint density at radius 1 is 1.15 bits per heavy atom. The van der Waals surface area contributed by atoms with Crippen molar-refractivity contribution in [2.75, 3.05) is 38.1 Å². The Kier molecular flexibility index (Phi) is 5.27. The van der Waals surface area contributed by atoms with Crippen molar-refractivity contribution in [3.63, 3.8) is 0 Å². The molecule has 1 aliphatic heterocycles. The third-order valence-corrected chi connectivity index (χ3v) is 4.41. The van der Waals surface area contributed by atoms with Gasteiger partial charge in [-0.3, -0.25) is 4.79 Å². The first-order valence-corrected chi connectivity index (χ1v) is 8.31. The first-order valence-electron chi connectivity index (χ1n) is 7.18. The quantitative estimate of drug-likeness (QED) is 0.792. The van der Waals surface area contributed by atoms with E-state index in [4.69, 9.17) is 4.42 Å². The summed E-state index contributed by atoms with van der Waals surface area (Å²) >= 11 is 3.48. The fourth-order valence-electron chi connectivity index (χ4n) is 2.78. The Morgan fingerprint density at radius 3 is 2.50 bits per heavy atom. The van der Waals surface area contributed by atoms with E-state index < -0.39 is 0 Å². The van der Waals surface area contributed by atoms with Gasteiger partial charge in [0.25, 0.3) is 5.91 Å². The van der Waals surface area contributed by atoms with Crippen molar-refractivity contribution in [1.29, 1.82) is 0 Å². The van der Waals surface area contributed by atoms with E-state index >= 15 is 0 Å². The number of carbonyl (C=O) groups excluding carboxylic acids is 1. The molecule has 0 atom stereocenters. The van der Waals surface area contributed by atoms with Gasteiger partial charge in [-0.1, -0.05) is 15.9 Å². The smallest absolute Gasteiger partial charge is 0.257 e. The maximum Gasteiger partial charge on any atom is 0.257 e. The predicted octanol–water partition coefficient (Wildman–Crippen LogP) is 2.75. The van der Waals surface area contributed by atoms with Crippen LogP contribution in [0.25, 0.3) is 0 Å². The highest BCUT2D eigenvalue weighted by Gasteiger charge is 2.25. The summed E-state index contributed by atoms with van der Waals surface area (Å²) in [5, 5.41) is 0.986. The molecule has 4 nitrogen and oxygen atoms in total. The summed E-state index contributed by atoms with van der Waals surface area (Å²) in [7, 11) is 0. The summed E-state index contributed by atoms with van der Waals surface area (Å²) in [6.45, 7) is 10.5. The largest absolute Gasteiger partial charge is 0.466 e. The van der Waals surface area contributed by atoms with Crippen LogP contribution in [-0.4, -0.2) is 53.8 Å². The number of furan rings is 1. The van der Waals surface area contributed by atoms with E-state index in [2.05, 4.69) is 20.8 Å². The van der Waals surface area contributed by atoms with Crippen molar-refractivity contribution in [3.05, 3.63) is 22.6 Å². The van der Waals surface area contributed by atoms with Gasteiger partial charge in [-0.05, 0) is 33.7 Å². The predicted molar refractivity (Wildman–Crippen MR) is 83.7 cm³/mol. The third kappa shape index (κ3) is 3.26. The molecule has 20 heavy (non-hydrogen) atoms. The van der Waals surface area contributed by atoms with E-state index in [0.717, 1.165) is 67.1 Å². The van der Waals surface area contributed by atoms with Crippen LogP contribution in [0.4, 0.5) is 0 Å². The molecule has 2 heterocycles. The van der Waals surface area contributed by atoms with Gasteiger partial charge in [-0.15, -0.1) is 0 Å². The van der Waals surface area contributed by atoms with E-state index in [1.165, 1.54) is 0 Å². The topological polar surface area (TPSA) is 36.7 Å². The summed E-state index contributed by atoms with van der Waals surface area (Å²) in [6.07, 6.45) is 1.04. The molecule has 0 N–H and O–H groups in total. The molecular formula is C15H23BrN2O2. The molecule has 1 aromatic heterocycles. The van der Waals surface area contributed by atoms with E-state index in [1.807, 2.05) is 25.7 Å². The summed E-state index contributed by atoms with van der Waals surface area (Å²) < 4.78 is 5.58. The minimum atomic E-state index is 0.123. The number of rotatable bonds is 3. The first kappa shape index (κ1) is 15.6. The van der Waals surface area contributed by atoms with Gasteiger partial charge in [0.15, 0.2) is 0 Å². The van der Waals surface area contributed by atoms with Crippen LogP contribution in [0, 0.1) is 20.8 Å². The monoisotopic (exact) mass is 342 g/mol. The lowest BCUT2D eigenvalue weighted by Gasteiger charge is -2.21. The van der Waals surface area contributed by atoms with Crippen LogP contribution in [0.3, 0.4) is 0 Å². The zero-order chi connectivity index (χ0) is 14.7. The number of alkyl halides is 1. The standard InChI is InChI=1S/C15H23BrN2O2/c1-11-12(2)20-13(3)14(11)15(19)18-7-4-6-17(8-5-16)9-10-18/h4-10H2,1-3H3. The normalized spacial score (nSPS) is 17.3. The van der Waals surface area contributed by atoms with Crippen molar-refractivity contribution in [3.8, 4) is 0 Å². The van der Waals surface area contributed by atoms with E-state index in [1.54, 1.807) is 0 Å². The third-order valence-electron chi connectivity index (χ3n) is 4.05. The van der Waals surface area contributed by atoms with Gasteiger partial charge < -0.3 is 14.2 Å². The van der Waals surface area contributed by atoms with Crippen LogP contribution in [0.5, 0.6) is 0 Å². The molecule has 0 radical (unpaired) electrons. The molecule has 1 aliphatic rings. The molecular weight excluding hydrogens is 320 g/mol. The van der Waals surface area contributed by atoms with Crippen molar-refractivity contribution in [2.45, 2.75) is 27.2 Å². The van der Waals surface area contributed by atoms with Gasteiger partial charge in [-0.2, -0.15) is 0 Å². The number of amides is 1. The Hall–Kier alpha value is -0.810. The highest BCUT2D eigenvalue weighted by molar-refractivity contribution is 9.09. The van der Waals surface area contributed by atoms with Crippen LogP contribution < -0.4 is 0 Å². The van der Waals surface area contributed by atoms with Gasteiger partial charge in [0.05, 0.1) is 5.56 Å². The molecule has 1 fully saturated rings. The fraction of sp³-hybridized carbons (Fsp3) is 0.667. The average molecular weight is 343 g/mol. The molecule has 0 unspecified atom stereocenters. The lowest BCUT2D eigenvalue weighted by molar-refractivity contribution is 0.0759. The highest BCUT2D eigenvalue weighted by Crippen LogP contribution is 2.22. The Labute approximate surface area is 129 Å². The molecule has 2 rings (SSSR count). The minimum Gasteiger partial charge on any atom is -0.466 e. The van der Waals surface area contributed by atoms with Crippen LogP contribution in [0.2, 0.25) is 0 Å². The van der Waals surface area contributed by atoms with Crippen molar-refractivity contribution >= 4 is 21.8 Å². The highest BCUT2D eigenvalue weighted by atomic mass is 79.9. The zero-order valence-corrected chi connectivity index (χ0v) is 14.1. The SMILES string of the molecule is Cc1oc(C)c(C(=O)N2CCCN(CCBr)CC2)c1C. The molecule has 0 aromatic carbocycles. The number of carbonyl (C=O) groups is 1. The first-order chi connectivity index (χ1) is 9.54. The molecule has 0 spiro atoms. The van der Waals surface area contributed by atoms with Crippen LogP contribution in [0.1, 0.15) is 33.9 Å². The minimum absolute atomic E-state index is 0.123. The molecule has 1 aromatic rings. The fourth-order valence-corrected chi connectivity index (χ4v) is 3.29. The maximum atomic E-state index is 12.7. The number of hydrogen-bond acceptors (Lipinski definition) is 3. The van der Waals surface area contributed by atoms with Crippen molar-refractivity contribution < 1.29 is 9.21 Å². The van der Waals surface area contributed by atoms with Crippen molar-refractivity contribution in [2.24, 2.45) is 0 Å². The number of nitrogens with zero attached hydrogens (tertiary/aromatic N) is 2. The second kappa shape index (κ2) is 6.76. The van der Waals surface area contributed by atoms with E-state index in [-0.39, 0.29) is 5.91 Å². The average Bonchev–Trinajstić information content (AvgIpc) is 2.59. The van der Waals surface area contributed by atoms with Gasteiger partial charge in [0.1, 0.15) is 11.5 Å². The second-order valence-corrected chi connectivity index (χ2v) is 6.18. The van der Waals surface area contributed by atoms with Crippen LogP contribution >= 0.6 is 15.9 Å². The maximum absolute atomic E-state index is 12.7. The molecule has 0 bridgehead atoms. The number of hydrogen-bond donors (Lipinski definition) is 0. The summed E-state index contributed by atoms with van der Waals surface area (Å²) in [6, 6.07) is 0. The second-order valence-electron chi connectivity index (χ2n) is 5.39. The summed E-state index contributed by atoms with van der Waals surface area (Å²) in [4.78, 5) is 17.1. The van der Waals surface area contributed by atoms with Gasteiger partial charge >= 0.3 is 0 Å². The Bertz CT molecular complexity index is 484. The van der Waals surface area contributed by atoms with Gasteiger partial charge in [-0.25, -0.2) is 0 Å². The summed E-state index contributed by atoms with van der Waals surface area (Å²) in [5.74, 6) is 1.71. The van der Waals surface area contributed by atoms with E-state index in [0.29, 0.717) is 0 Å². The zero-order valence-electron chi connectivity index (χ0n) is 12.5. The number of halogens is 1. The Balaban J connectivity index is 2.09. The molecule has 0 aliphatic carbocycles. The molecule has 5 heteroatoms. The lowest BCUT2D eigenvalue weighted by Crippen LogP contribution is -2.36. The lowest BCUT2D eigenvalue weighted by atomic mass is 10.1. The van der Waals surface area contributed by atoms with Crippen molar-refractivity contribution in [1.82, 2.24) is 9.80 Å². The Morgan fingerprint density at radius 2 is 1.90 bits per heavy atom. The van der Waals surface area contributed by atoms with E-state index in [9.17, 15) is 4.79 Å². The molecule has 112 valence electrons. The molecule has 1 saturated heterocycles. The van der Waals surface area contributed by atoms with Gasteiger partial charge in [0.2, 0.25) is 0 Å². The van der Waals surface area contributed by atoms with Crippen LogP contribution in [-0.2, 0) is 0 Å².